The highest BCUT2D eigenvalue weighted by Gasteiger charge is 2.39. The maximum absolute atomic E-state index is 12.6. The number of carbonyl (C=O) groups excluding carboxylic acids is 1. The molecule has 8 heteroatoms. The number of anilines is 1. The van der Waals surface area contributed by atoms with Gasteiger partial charge in [0.15, 0.2) is 11.5 Å². The number of fused-ring (bicyclic) bond motifs is 2. The van der Waals surface area contributed by atoms with E-state index in [0.717, 1.165) is 47.6 Å². The summed E-state index contributed by atoms with van der Waals surface area (Å²) in [4.78, 5) is 26.6. The molecule has 5 rings (SSSR count). The van der Waals surface area contributed by atoms with Crippen molar-refractivity contribution in [1.82, 2.24) is 20.1 Å². The third-order valence-corrected chi connectivity index (χ3v) is 5.60. The van der Waals surface area contributed by atoms with Crippen LogP contribution in [0, 0.1) is 0 Å². The van der Waals surface area contributed by atoms with Crippen LogP contribution in [0.2, 0.25) is 0 Å². The number of rotatable bonds is 6. The fraction of sp³-hybridized carbons (Fsp3) is 0.474. The summed E-state index contributed by atoms with van der Waals surface area (Å²) >= 11 is 0. The number of carbonyl (C=O) groups is 1. The van der Waals surface area contributed by atoms with Crippen molar-refractivity contribution >= 4 is 22.6 Å². The lowest BCUT2D eigenvalue weighted by Gasteiger charge is -2.27. The second-order valence-corrected chi connectivity index (χ2v) is 7.54. The summed E-state index contributed by atoms with van der Waals surface area (Å²) in [5.41, 5.74) is 1.57. The molecule has 0 aromatic carbocycles. The van der Waals surface area contributed by atoms with Crippen molar-refractivity contribution in [3.8, 4) is 0 Å². The minimum atomic E-state index is -0.519. The number of aromatic amines is 1. The zero-order chi connectivity index (χ0) is 18.4. The molecule has 0 atom stereocenters. The molecular weight excluding hydrogens is 346 g/mol. The number of aromatic nitrogens is 4. The van der Waals surface area contributed by atoms with Crippen molar-refractivity contribution in [3.05, 3.63) is 35.6 Å². The van der Waals surface area contributed by atoms with Gasteiger partial charge in [0.2, 0.25) is 0 Å². The van der Waals surface area contributed by atoms with Crippen LogP contribution in [0.5, 0.6) is 0 Å². The molecule has 0 bridgehead atoms. The van der Waals surface area contributed by atoms with E-state index in [0.29, 0.717) is 37.9 Å². The number of ketones is 1. The quantitative estimate of drug-likeness (QED) is 0.644. The highest BCUT2D eigenvalue weighted by molar-refractivity contribution is 5.96. The Labute approximate surface area is 155 Å². The van der Waals surface area contributed by atoms with Gasteiger partial charge in [0.25, 0.3) is 0 Å². The first-order valence-corrected chi connectivity index (χ1v) is 9.39. The number of nitrogens with zero attached hydrogens (tertiary/aromatic N) is 4. The molecule has 0 radical (unpaired) electrons. The summed E-state index contributed by atoms with van der Waals surface area (Å²) in [6.07, 6.45) is 7.52. The molecule has 1 saturated carbocycles. The zero-order valence-corrected chi connectivity index (χ0v) is 14.9. The molecule has 2 aliphatic rings. The summed E-state index contributed by atoms with van der Waals surface area (Å²) in [7, 11) is 0. The average molecular weight is 367 g/mol. The molecule has 0 saturated heterocycles. The number of hydrogen-bond donors (Lipinski definition) is 2. The Morgan fingerprint density at radius 2 is 2.26 bits per heavy atom. The van der Waals surface area contributed by atoms with Crippen molar-refractivity contribution in [3.63, 3.8) is 0 Å². The Hall–Kier alpha value is -2.74. The maximum Gasteiger partial charge on any atom is 0.185 e. The molecule has 1 aliphatic heterocycles. The highest BCUT2D eigenvalue weighted by Crippen LogP contribution is 2.39. The van der Waals surface area contributed by atoms with Crippen LogP contribution >= 0.6 is 0 Å². The predicted molar refractivity (Wildman–Crippen MR) is 97.5 cm³/mol. The molecule has 0 unspecified atom stereocenters. The lowest BCUT2D eigenvalue weighted by atomic mass is 10.0. The van der Waals surface area contributed by atoms with Crippen molar-refractivity contribution in [2.75, 3.05) is 11.4 Å². The number of Topliss-reactive ketones (excluding diaryl/α,β-unsaturated/α-hetero) is 1. The van der Waals surface area contributed by atoms with Crippen molar-refractivity contribution < 1.29 is 14.4 Å². The van der Waals surface area contributed by atoms with E-state index in [9.17, 15) is 9.90 Å². The molecule has 27 heavy (non-hydrogen) atoms. The molecule has 1 fully saturated rings. The molecule has 8 nitrogen and oxygen atoms in total. The third-order valence-electron chi connectivity index (χ3n) is 5.60. The number of H-pyrrole nitrogens is 1. The topological polar surface area (TPSA) is 108 Å². The van der Waals surface area contributed by atoms with E-state index < -0.39 is 5.60 Å². The van der Waals surface area contributed by atoms with Gasteiger partial charge in [-0.3, -0.25) is 4.79 Å². The van der Waals surface area contributed by atoms with Crippen LogP contribution < -0.4 is 4.90 Å². The largest absolute Gasteiger partial charge is 0.390 e. The minimum absolute atomic E-state index is 0.0134. The van der Waals surface area contributed by atoms with Gasteiger partial charge in [-0.05, 0) is 31.7 Å². The van der Waals surface area contributed by atoms with E-state index in [1.807, 2.05) is 12.3 Å². The van der Waals surface area contributed by atoms with E-state index in [-0.39, 0.29) is 5.78 Å². The lowest BCUT2D eigenvalue weighted by molar-refractivity contribution is 0.0952. The van der Waals surface area contributed by atoms with Gasteiger partial charge in [-0.25, -0.2) is 9.97 Å². The van der Waals surface area contributed by atoms with Gasteiger partial charge in [-0.15, -0.1) is 0 Å². The van der Waals surface area contributed by atoms with Crippen molar-refractivity contribution in [1.29, 1.82) is 0 Å². The maximum atomic E-state index is 12.6. The molecule has 0 spiro atoms. The van der Waals surface area contributed by atoms with E-state index in [1.54, 1.807) is 6.33 Å². The van der Waals surface area contributed by atoms with Gasteiger partial charge in [0.1, 0.15) is 23.6 Å². The van der Waals surface area contributed by atoms with Crippen LogP contribution in [0.25, 0.3) is 11.0 Å². The summed E-state index contributed by atoms with van der Waals surface area (Å²) in [6.45, 7) is 1.29. The molecule has 0 amide bonds. The smallest absolute Gasteiger partial charge is 0.185 e. The summed E-state index contributed by atoms with van der Waals surface area (Å²) in [5, 5.41) is 14.9. The number of nitrogens with one attached hydrogen (secondary N) is 1. The Kier molecular flexibility index (Phi) is 3.75. The molecule has 140 valence electrons. The Balaban J connectivity index is 1.35. The van der Waals surface area contributed by atoms with Gasteiger partial charge in [-0.1, -0.05) is 5.16 Å². The number of hydrogen-bond acceptors (Lipinski definition) is 7. The third kappa shape index (κ3) is 2.99. The second kappa shape index (κ2) is 6.16. The minimum Gasteiger partial charge on any atom is -0.390 e. The van der Waals surface area contributed by atoms with Crippen molar-refractivity contribution in [2.45, 2.75) is 50.7 Å². The molecule has 1 aliphatic carbocycles. The Morgan fingerprint density at radius 1 is 1.37 bits per heavy atom. The van der Waals surface area contributed by atoms with Crippen molar-refractivity contribution in [2.24, 2.45) is 0 Å². The van der Waals surface area contributed by atoms with Gasteiger partial charge >= 0.3 is 0 Å². The average Bonchev–Trinajstić information content (AvgIpc) is 3.10. The van der Waals surface area contributed by atoms with Gasteiger partial charge in [0.05, 0.1) is 17.5 Å². The molecule has 3 aromatic rings. The van der Waals surface area contributed by atoms with Gasteiger partial charge in [-0.2, -0.15) is 0 Å². The van der Waals surface area contributed by atoms with E-state index in [4.69, 9.17) is 4.52 Å². The standard InChI is InChI=1S/C19H21N5O3/c25-14(2-1-5-19(26)6-7-19)16-13-10-24(9-4-15(13)27-23-16)18-12-3-8-20-17(12)21-11-22-18/h3,8,11,26H,1-2,4-7,9-10H2,(H,20,21,22). The lowest BCUT2D eigenvalue weighted by Crippen LogP contribution is -2.31. The van der Waals surface area contributed by atoms with Crippen LogP contribution in [-0.4, -0.2) is 43.1 Å². The fourth-order valence-corrected chi connectivity index (χ4v) is 3.81. The normalized spacial score (nSPS) is 17.9. The summed E-state index contributed by atoms with van der Waals surface area (Å²) in [6, 6.07) is 1.96. The first-order chi connectivity index (χ1) is 13.1. The van der Waals surface area contributed by atoms with Crippen LogP contribution in [0.4, 0.5) is 5.82 Å². The number of aliphatic hydroxyl groups is 1. The highest BCUT2D eigenvalue weighted by atomic mass is 16.5. The molecule has 2 N–H and O–H groups in total. The zero-order valence-electron chi connectivity index (χ0n) is 14.9. The molecular formula is C19H21N5O3. The molecule has 4 heterocycles. The van der Waals surface area contributed by atoms with Crippen LogP contribution in [-0.2, 0) is 13.0 Å². The van der Waals surface area contributed by atoms with Crippen LogP contribution in [0.3, 0.4) is 0 Å². The Bertz CT molecular complexity index is 1000. The van der Waals surface area contributed by atoms with E-state index >= 15 is 0 Å². The first kappa shape index (κ1) is 16.4. The summed E-state index contributed by atoms with van der Waals surface area (Å²) in [5.74, 6) is 1.62. The van der Waals surface area contributed by atoms with Crippen LogP contribution in [0.1, 0.15) is 53.9 Å². The van der Waals surface area contributed by atoms with Gasteiger partial charge < -0.3 is 19.5 Å². The van der Waals surface area contributed by atoms with E-state index in [1.165, 1.54) is 0 Å². The summed E-state index contributed by atoms with van der Waals surface area (Å²) < 4.78 is 5.44. The second-order valence-electron chi connectivity index (χ2n) is 7.54. The van der Waals surface area contributed by atoms with Gasteiger partial charge in [0, 0.05) is 31.1 Å². The molecule has 3 aromatic heterocycles. The van der Waals surface area contributed by atoms with E-state index in [2.05, 4.69) is 25.0 Å². The predicted octanol–water partition coefficient (Wildman–Crippen LogP) is 2.39. The SMILES string of the molecule is O=C(CCCC1(O)CC1)c1noc2c1CN(c1ncnc3[nH]ccc13)CC2. The Morgan fingerprint density at radius 3 is 3.11 bits per heavy atom. The fourth-order valence-electron chi connectivity index (χ4n) is 3.81. The monoisotopic (exact) mass is 367 g/mol. The first-order valence-electron chi connectivity index (χ1n) is 9.39. The van der Waals surface area contributed by atoms with Crippen LogP contribution in [0.15, 0.2) is 23.1 Å².